The maximum atomic E-state index is 13.0. The summed E-state index contributed by atoms with van der Waals surface area (Å²) in [5.41, 5.74) is 3.07. The molecule has 3 rings (SSSR count). The van der Waals surface area contributed by atoms with E-state index < -0.39 is 0 Å². The second kappa shape index (κ2) is 6.99. The Morgan fingerprint density at radius 3 is 2.88 bits per heavy atom. The van der Waals surface area contributed by atoms with E-state index in [2.05, 4.69) is 20.9 Å². The number of hydrogen-bond donors (Lipinski definition) is 0. The quantitative estimate of drug-likeness (QED) is 0.855. The number of aryl methyl sites for hydroxylation is 2. The van der Waals surface area contributed by atoms with Crippen LogP contribution in [-0.4, -0.2) is 46.3 Å². The highest BCUT2D eigenvalue weighted by molar-refractivity contribution is 7.13. The molecule has 0 saturated carbocycles. The van der Waals surface area contributed by atoms with Crippen LogP contribution in [0, 0.1) is 13.8 Å². The van der Waals surface area contributed by atoms with E-state index in [0.717, 1.165) is 47.2 Å². The molecule has 1 amide bonds. The molecule has 1 saturated heterocycles. The first-order valence-electron chi connectivity index (χ1n) is 8.30. The van der Waals surface area contributed by atoms with Gasteiger partial charge in [0.05, 0.1) is 22.4 Å². The summed E-state index contributed by atoms with van der Waals surface area (Å²) >= 11 is 1.50. The molecule has 3 heterocycles. The summed E-state index contributed by atoms with van der Waals surface area (Å²) < 4.78 is 0. The van der Waals surface area contributed by atoms with Crippen molar-refractivity contribution in [2.75, 3.05) is 20.6 Å². The molecule has 0 unspecified atom stereocenters. The molecule has 6 heteroatoms. The maximum absolute atomic E-state index is 13.0. The second-order valence-electron chi connectivity index (χ2n) is 6.62. The first-order chi connectivity index (χ1) is 11.5. The number of amides is 1. The molecule has 2 aromatic heterocycles. The van der Waals surface area contributed by atoms with Crippen molar-refractivity contribution in [3.63, 3.8) is 0 Å². The molecule has 1 atom stereocenters. The lowest BCUT2D eigenvalue weighted by atomic mass is 10.0. The van der Waals surface area contributed by atoms with Crippen molar-refractivity contribution in [2.45, 2.75) is 39.3 Å². The minimum absolute atomic E-state index is 0.117. The Hall–Kier alpha value is -1.79. The van der Waals surface area contributed by atoms with Crippen molar-refractivity contribution in [3.8, 4) is 0 Å². The number of aromatic nitrogens is 2. The molecule has 1 aliphatic rings. The highest BCUT2D eigenvalue weighted by Crippen LogP contribution is 2.34. The smallest absolute Gasteiger partial charge is 0.266 e. The van der Waals surface area contributed by atoms with Gasteiger partial charge in [-0.25, -0.2) is 4.98 Å². The normalized spacial score (nSPS) is 17.7. The predicted molar refractivity (Wildman–Crippen MR) is 96.2 cm³/mol. The topological polar surface area (TPSA) is 49.3 Å². The molecule has 0 N–H and O–H groups in total. The third-order valence-electron chi connectivity index (χ3n) is 4.32. The number of carbonyl (C=O) groups excluding carboxylic acids is 1. The van der Waals surface area contributed by atoms with Gasteiger partial charge >= 0.3 is 0 Å². The number of nitrogens with zero attached hydrogens (tertiary/aromatic N) is 4. The number of pyridine rings is 1. The van der Waals surface area contributed by atoms with Gasteiger partial charge in [-0.1, -0.05) is 0 Å². The molecule has 0 bridgehead atoms. The molecule has 0 aromatic carbocycles. The van der Waals surface area contributed by atoms with Crippen LogP contribution in [0.4, 0.5) is 0 Å². The summed E-state index contributed by atoms with van der Waals surface area (Å²) in [5.74, 6) is 0.117. The molecule has 0 aliphatic carbocycles. The molecular weight excluding hydrogens is 320 g/mol. The van der Waals surface area contributed by atoms with E-state index in [0.29, 0.717) is 0 Å². The Bertz CT molecular complexity index is 740. The lowest BCUT2D eigenvalue weighted by Gasteiger charge is -2.25. The third-order valence-corrected chi connectivity index (χ3v) is 5.38. The van der Waals surface area contributed by atoms with Crippen molar-refractivity contribution >= 4 is 17.2 Å². The lowest BCUT2D eigenvalue weighted by molar-refractivity contribution is 0.0739. The van der Waals surface area contributed by atoms with Gasteiger partial charge in [0, 0.05) is 19.3 Å². The van der Waals surface area contributed by atoms with E-state index in [4.69, 9.17) is 0 Å². The molecule has 2 aromatic rings. The van der Waals surface area contributed by atoms with E-state index in [1.165, 1.54) is 16.9 Å². The minimum atomic E-state index is 0.117. The molecule has 24 heavy (non-hydrogen) atoms. The van der Waals surface area contributed by atoms with Crippen LogP contribution < -0.4 is 0 Å². The third kappa shape index (κ3) is 3.49. The van der Waals surface area contributed by atoms with Crippen LogP contribution in [0.15, 0.2) is 18.3 Å². The first-order valence-corrected chi connectivity index (χ1v) is 9.12. The van der Waals surface area contributed by atoms with Crippen LogP contribution in [0.25, 0.3) is 0 Å². The summed E-state index contributed by atoms with van der Waals surface area (Å²) in [4.78, 5) is 26.7. The van der Waals surface area contributed by atoms with Crippen LogP contribution in [0.3, 0.4) is 0 Å². The van der Waals surface area contributed by atoms with Crippen LogP contribution in [0.1, 0.15) is 50.5 Å². The maximum Gasteiger partial charge on any atom is 0.266 e. The fourth-order valence-corrected chi connectivity index (χ4v) is 4.21. The van der Waals surface area contributed by atoms with Crippen molar-refractivity contribution in [1.82, 2.24) is 19.8 Å². The zero-order valence-corrected chi connectivity index (χ0v) is 15.6. The van der Waals surface area contributed by atoms with Crippen LogP contribution in [0.5, 0.6) is 0 Å². The lowest BCUT2D eigenvalue weighted by Crippen LogP contribution is -2.30. The van der Waals surface area contributed by atoms with Gasteiger partial charge in [-0.3, -0.25) is 9.78 Å². The Morgan fingerprint density at radius 2 is 2.21 bits per heavy atom. The van der Waals surface area contributed by atoms with Crippen molar-refractivity contribution in [3.05, 3.63) is 45.2 Å². The van der Waals surface area contributed by atoms with Crippen LogP contribution in [-0.2, 0) is 6.54 Å². The van der Waals surface area contributed by atoms with Crippen molar-refractivity contribution < 1.29 is 4.79 Å². The van der Waals surface area contributed by atoms with Crippen LogP contribution in [0.2, 0.25) is 0 Å². The Kier molecular flexibility index (Phi) is 4.96. The Balaban J connectivity index is 1.85. The predicted octanol–water partition coefficient (Wildman–Crippen LogP) is 3.19. The van der Waals surface area contributed by atoms with Gasteiger partial charge in [-0.05, 0) is 58.5 Å². The van der Waals surface area contributed by atoms with E-state index in [9.17, 15) is 4.79 Å². The zero-order chi connectivity index (χ0) is 17.3. The van der Waals surface area contributed by atoms with Crippen molar-refractivity contribution in [1.29, 1.82) is 0 Å². The van der Waals surface area contributed by atoms with Gasteiger partial charge in [0.1, 0.15) is 4.88 Å². The first kappa shape index (κ1) is 17.0. The number of carbonyl (C=O) groups is 1. The van der Waals surface area contributed by atoms with Gasteiger partial charge in [-0.2, -0.15) is 0 Å². The molecule has 0 radical (unpaired) electrons. The Morgan fingerprint density at radius 1 is 1.42 bits per heavy atom. The highest BCUT2D eigenvalue weighted by Gasteiger charge is 2.32. The summed E-state index contributed by atoms with van der Waals surface area (Å²) in [6.07, 6.45) is 3.91. The van der Waals surface area contributed by atoms with Gasteiger partial charge < -0.3 is 9.80 Å². The monoisotopic (exact) mass is 344 g/mol. The van der Waals surface area contributed by atoms with E-state index in [1.54, 1.807) is 0 Å². The summed E-state index contributed by atoms with van der Waals surface area (Å²) in [7, 11) is 4.07. The number of hydrogen-bond acceptors (Lipinski definition) is 5. The highest BCUT2D eigenvalue weighted by atomic mass is 32.1. The molecule has 5 nitrogen and oxygen atoms in total. The minimum Gasteiger partial charge on any atom is -0.331 e. The van der Waals surface area contributed by atoms with Gasteiger partial charge in [0.25, 0.3) is 5.91 Å². The van der Waals surface area contributed by atoms with Gasteiger partial charge in [0.2, 0.25) is 0 Å². The molecule has 128 valence electrons. The fourth-order valence-electron chi connectivity index (χ4n) is 3.33. The van der Waals surface area contributed by atoms with Gasteiger partial charge in [0.15, 0.2) is 0 Å². The van der Waals surface area contributed by atoms with E-state index in [1.807, 2.05) is 45.1 Å². The average molecular weight is 344 g/mol. The summed E-state index contributed by atoms with van der Waals surface area (Å²) in [6.45, 7) is 5.49. The molecule has 1 fully saturated rings. The standard InChI is InChI=1S/C18H24N4OS/c1-12-17(24-13(2)20-12)18(23)22-9-5-6-16(22)14-7-8-19-15(10-14)11-21(3)4/h7-8,10,16H,5-6,9,11H2,1-4H3/t16-/m1/s1. The summed E-state index contributed by atoms with van der Waals surface area (Å²) in [6, 6.07) is 4.32. The largest absolute Gasteiger partial charge is 0.331 e. The molecule has 0 spiro atoms. The van der Waals surface area contributed by atoms with E-state index in [-0.39, 0.29) is 11.9 Å². The van der Waals surface area contributed by atoms with Gasteiger partial charge in [-0.15, -0.1) is 11.3 Å². The number of rotatable bonds is 4. The second-order valence-corrected chi connectivity index (χ2v) is 7.83. The van der Waals surface area contributed by atoms with E-state index >= 15 is 0 Å². The van der Waals surface area contributed by atoms with Crippen LogP contribution >= 0.6 is 11.3 Å². The fraction of sp³-hybridized carbons (Fsp3) is 0.500. The molecule has 1 aliphatic heterocycles. The number of likely N-dealkylation sites (tertiary alicyclic amines) is 1. The summed E-state index contributed by atoms with van der Waals surface area (Å²) in [5, 5.41) is 0.948. The average Bonchev–Trinajstić information content (AvgIpc) is 3.12. The molecular formula is C18H24N4OS. The Labute approximate surface area is 147 Å². The number of thiazole rings is 1. The zero-order valence-electron chi connectivity index (χ0n) is 14.7. The SMILES string of the molecule is Cc1nc(C)c(C(=O)N2CCC[C@@H]2c2ccnc(CN(C)C)c2)s1. The van der Waals surface area contributed by atoms with Crippen molar-refractivity contribution in [2.24, 2.45) is 0 Å².